The van der Waals surface area contributed by atoms with Crippen LogP contribution in [-0.4, -0.2) is 16.0 Å². The number of hydrazone groups is 1. The van der Waals surface area contributed by atoms with Crippen molar-refractivity contribution in [2.75, 3.05) is 0 Å². The molecule has 0 atom stereocenters. The molecule has 2 rings (SSSR count). The van der Waals surface area contributed by atoms with E-state index in [9.17, 15) is 0 Å². The summed E-state index contributed by atoms with van der Waals surface area (Å²) in [6, 6.07) is 5.91. The van der Waals surface area contributed by atoms with E-state index >= 15 is 0 Å². The Morgan fingerprint density at radius 2 is 2.38 bits per heavy atom. The third-order valence-electron chi connectivity index (χ3n) is 1.90. The van der Waals surface area contributed by atoms with Crippen LogP contribution >= 0.6 is 0 Å². The lowest BCUT2D eigenvalue weighted by Crippen LogP contribution is -1.90. The molecule has 66 valence electrons. The molecule has 13 heavy (non-hydrogen) atoms. The van der Waals surface area contributed by atoms with Crippen molar-refractivity contribution in [1.82, 2.24) is 9.78 Å². The summed E-state index contributed by atoms with van der Waals surface area (Å²) in [6.45, 7) is 0. The fraction of sp³-hybridized carbons (Fsp3) is 0.111. The van der Waals surface area contributed by atoms with Crippen LogP contribution in [0, 0.1) is 0 Å². The van der Waals surface area contributed by atoms with Gasteiger partial charge in [-0.3, -0.25) is 4.68 Å². The number of nitrogens with two attached hydrogens (primary N) is 1. The summed E-state index contributed by atoms with van der Waals surface area (Å²) in [5, 5.41) is 8.89. The van der Waals surface area contributed by atoms with Gasteiger partial charge >= 0.3 is 0 Å². The summed E-state index contributed by atoms with van der Waals surface area (Å²) in [6.07, 6.45) is 3.57. The number of hydrogen-bond acceptors (Lipinski definition) is 3. The highest BCUT2D eigenvalue weighted by Gasteiger charge is 2.01. The molecule has 0 amide bonds. The maximum Gasteiger partial charge on any atom is 0.101 e. The summed E-state index contributed by atoms with van der Waals surface area (Å²) in [4.78, 5) is 0. The van der Waals surface area contributed by atoms with Crippen LogP contribution in [0.25, 0.3) is 10.9 Å². The molecule has 4 heteroatoms. The highest BCUT2D eigenvalue weighted by atomic mass is 15.2. The molecule has 2 aromatic rings. The molecule has 1 heterocycles. The standard InChI is InChI=1S/C9H10N4/c1-13-6-8-4-2-3-7(5-11-10)9(8)12-13/h2-6H,10H2,1H3. The lowest BCUT2D eigenvalue weighted by atomic mass is 10.2. The number of aromatic nitrogens is 2. The predicted octanol–water partition coefficient (Wildman–Crippen LogP) is 0.866. The average Bonchev–Trinajstić information content (AvgIpc) is 2.47. The van der Waals surface area contributed by atoms with E-state index in [1.165, 1.54) is 0 Å². The molecule has 0 aliphatic heterocycles. The number of fused-ring (bicyclic) bond motifs is 1. The van der Waals surface area contributed by atoms with Crippen LogP contribution in [0.2, 0.25) is 0 Å². The van der Waals surface area contributed by atoms with E-state index in [0.29, 0.717) is 0 Å². The molecule has 0 bridgehead atoms. The van der Waals surface area contributed by atoms with Gasteiger partial charge in [-0.15, -0.1) is 0 Å². The lowest BCUT2D eigenvalue weighted by Gasteiger charge is -1.91. The van der Waals surface area contributed by atoms with Gasteiger partial charge in [0.25, 0.3) is 0 Å². The molecule has 0 aliphatic carbocycles. The zero-order valence-corrected chi connectivity index (χ0v) is 7.31. The second-order valence-corrected chi connectivity index (χ2v) is 2.87. The van der Waals surface area contributed by atoms with Crippen LogP contribution in [0.3, 0.4) is 0 Å². The van der Waals surface area contributed by atoms with Gasteiger partial charge in [-0.1, -0.05) is 18.2 Å². The Labute approximate surface area is 75.7 Å². The average molecular weight is 174 g/mol. The van der Waals surface area contributed by atoms with E-state index in [1.807, 2.05) is 31.4 Å². The first-order valence-corrected chi connectivity index (χ1v) is 3.97. The maximum atomic E-state index is 5.09. The highest BCUT2D eigenvalue weighted by molar-refractivity contribution is 5.97. The summed E-state index contributed by atoms with van der Waals surface area (Å²) >= 11 is 0. The normalized spacial score (nSPS) is 11.5. The second kappa shape index (κ2) is 2.90. The smallest absolute Gasteiger partial charge is 0.101 e. The third kappa shape index (κ3) is 1.26. The van der Waals surface area contributed by atoms with Gasteiger partial charge in [-0.05, 0) is 0 Å². The molecule has 0 unspecified atom stereocenters. The number of hydrogen-bond donors (Lipinski definition) is 1. The van der Waals surface area contributed by atoms with E-state index < -0.39 is 0 Å². The summed E-state index contributed by atoms with van der Waals surface area (Å²) in [5.74, 6) is 5.09. The summed E-state index contributed by atoms with van der Waals surface area (Å²) in [5.41, 5.74) is 1.87. The van der Waals surface area contributed by atoms with Gasteiger partial charge in [0.15, 0.2) is 0 Å². The van der Waals surface area contributed by atoms with Crippen molar-refractivity contribution < 1.29 is 0 Å². The van der Waals surface area contributed by atoms with Gasteiger partial charge in [-0.2, -0.15) is 10.2 Å². The molecule has 1 aromatic carbocycles. The molecule has 0 fully saturated rings. The fourth-order valence-corrected chi connectivity index (χ4v) is 1.37. The molecule has 2 N–H and O–H groups in total. The highest BCUT2D eigenvalue weighted by Crippen LogP contribution is 2.14. The molecule has 0 saturated carbocycles. The summed E-state index contributed by atoms with van der Waals surface area (Å²) in [7, 11) is 1.89. The Balaban J connectivity index is 2.74. The maximum absolute atomic E-state index is 5.09. The number of nitrogens with zero attached hydrogens (tertiary/aromatic N) is 3. The quantitative estimate of drug-likeness (QED) is 0.396. The van der Waals surface area contributed by atoms with Crippen LogP contribution < -0.4 is 5.84 Å². The van der Waals surface area contributed by atoms with Crippen molar-refractivity contribution in [3.63, 3.8) is 0 Å². The third-order valence-corrected chi connectivity index (χ3v) is 1.90. The van der Waals surface area contributed by atoms with E-state index in [-0.39, 0.29) is 0 Å². The molecular formula is C9H10N4. The largest absolute Gasteiger partial charge is 0.323 e. The number of rotatable bonds is 1. The van der Waals surface area contributed by atoms with Gasteiger partial charge in [-0.25, -0.2) is 0 Å². The fourth-order valence-electron chi connectivity index (χ4n) is 1.37. The Bertz CT molecular complexity index is 456. The van der Waals surface area contributed by atoms with Crippen LogP contribution in [0.1, 0.15) is 5.56 Å². The van der Waals surface area contributed by atoms with Crippen molar-refractivity contribution in [1.29, 1.82) is 0 Å². The van der Waals surface area contributed by atoms with Crippen molar-refractivity contribution in [3.05, 3.63) is 30.0 Å². The topological polar surface area (TPSA) is 56.2 Å². The Kier molecular flexibility index (Phi) is 1.73. The molecule has 0 spiro atoms. The molecule has 4 nitrogen and oxygen atoms in total. The number of aryl methyl sites for hydroxylation is 1. The summed E-state index contributed by atoms with van der Waals surface area (Å²) < 4.78 is 1.78. The molecule has 0 radical (unpaired) electrons. The van der Waals surface area contributed by atoms with Gasteiger partial charge < -0.3 is 5.84 Å². The Hall–Kier alpha value is -1.84. The SMILES string of the molecule is Cn1cc2cccc(C=NN)c2n1. The zero-order valence-electron chi connectivity index (χ0n) is 7.31. The second-order valence-electron chi connectivity index (χ2n) is 2.87. The van der Waals surface area contributed by atoms with Crippen molar-refractivity contribution >= 4 is 17.1 Å². The van der Waals surface area contributed by atoms with E-state index in [1.54, 1.807) is 10.9 Å². The van der Waals surface area contributed by atoms with Crippen LogP contribution in [0.4, 0.5) is 0 Å². The molecule has 1 aromatic heterocycles. The van der Waals surface area contributed by atoms with Gasteiger partial charge in [0, 0.05) is 24.2 Å². The first kappa shape index (κ1) is 7.79. The van der Waals surface area contributed by atoms with Crippen molar-refractivity contribution in [2.45, 2.75) is 0 Å². The van der Waals surface area contributed by atoms with Crippen LogP contribution in [0.15, 0.2) is 29.5 Å². The van der Waals surface area contributed by atoms with E-state index in [4.69, 9.17) is 5.84 Å². The zero-order chi connectivity index (χ0) is 9.26. The molecular weight excluding hydrogens is 164 g/mol. The van der Waals surface area contributed by atoms with Crippen molar-refractivity contribution in [3.8, 4) is 0 Å². The van der Waals surface area contributed by atoms with Gasteiger partial charge in [0.1, 0.15) is 5.52 Å². The minimum absolute atomic E-state index is 0.930. The Morgan fingerprint density at radius 1 is 1.54 bits per heavy atom. The predicted molar refractivity (Wildman–Crippen MR) is 52.5 cm³/mol. The monoisotopic (exact) mass is 174 g/mol. The first-order chi connectivity index (χ1) is 6.31. The van der Waals surface area contributed by atoms with E-state index in [0.717, 1.165) is 16.5 Å². The van der Waals surface area contributed by atoms with Crippen LogP contribution in [-0.2, 0) is 7.05 Å². The lowest BCUT2D eigenvalue weighted by molar-refractivity contribution is 0.779. The number of benzene rings is 1. The van der Waals surface area contributed by atoms with Gasteiger partial charge in [0.05, 0.1) is 6.21 Å². The molecule has 0 aliphatic rings. The van der Waals surface area contributed by atoms with Crippen LogP contribution in [0.5, 0.6) is 0 Å². The van der Waals surface area contributed by atoms with Gasteiger partial charge in [0.2, 0.25) is 0 Å². The van der Waals surface area contributed by atoms with Crippen molar-refractivity contribution in [2.24, 2.45) is 18.0 Å². The minimum Gasteiger partial charge on any atom is -0.323 e. The minimum atomic E-state index is 0.930. The van der Waals surface area contributed by atoms with E-state index in [2.05, 4.69) is 10.2 Å². The first-order valence-electron chi connectivity index (χ1n) is 3.97. The molecule has 0 saturated heterocycles. The Morgan fingerprint density at radius 3 is 3.15 bits per heavy atom.